The molecule has 4 nitrogen and oxygen atoms in total. The second kappa shape index (κ2) is 3.63. The summed E-state index contributed by atoms with van der Waals surface area (Å²) in [6, 6.07) is 0. The van der Waals surface area contributed by atoms with Crippen molar-refractivity contribution < 1.29 is 0 Å². The SMILES string of the molecule is CC1(C)C(I)CSC2=C3NCN=C3N=CN21. The normalized spacial score (nSPS) is 30.8. The zero-order valence-corrected chi connectivity index (χ0v) is 12.2. The van der Waals surface area contributed by atoms with E-state index in [1.165, 1.54) is 5.03 Å². The maximum atomic E-state index is 4.42. The van der Waals surface area contributed by atoms with Gasteiger partial charge in [0.2, 0.25) is 0 Å². The van der Waals surface area contributed by atoms with Crippen LogP contribution in [0.4, 0.5) is 0 Å². The van der Waals surface area contributed by atoms with Gasteiger partial charge < -0.3 is 10.2 Å². The van der Waals surface area contributed by atoms with E-state index in [0.717, 1.165) is 17.3 Å². The number of alkyl halides is 1. The first kappa shape index (κ1) is 10.9. The number of hydrogen-bond donors (Lipinski definition) is 1. The highest BCUT2D eigenvalue weighted by molar-refractivity contribution is 14.1. The van der Waals surface area contributed by atoms with Gasteiger partial charge in [-0.15, -0.1) is 11.8 Å². The monoisotopic (exact) mass is 348 g/mol. The molecule has 1 unspecified atom stereocenters. The van der Waals surface area contributed by atoms with E-state index in [4.69, 9.17) is 0 Å². The molecule has 3 heterocycles. The van der Waals surface area contributed by atoms with Gasteiger partial charge in [-0.05, 0) is 13.8 Å². The highest BCUT2D eigenvalue weighted by Crippen LogP contribution is 2.42. The third-order valence-electron chi connectivity index (χ3n) is 3.19. The Balaban J connectivity index is 2.06. The maximum absolute atomic E-state index is 4.42. The topological polar surface area (TPSA) is 40.0 Å². The third-order valence-corrected chi connectivity index (χ3v) is 6.93. The predicted molar refractivity (Wildman–Crippen MR) is 77.1 cm³/mol. The molecule has 3 rings (SSSR count). The van der Waals surface area contributed by atoms with Crippen LogP contribution in [0.2, 0.25) is 0 Å². The molecular weight excluding hydrogens is 335 g/mol. The van der Waals surface area contributed by atoms with Gasteiger partial charge in [0, 0.05) is 9.68 Å². The van der Waals surface area contributed by atoms with E-state index in [9.17, 15) is 0 Å². The zero-order chi connectivity index (χ0) is 11.3. The number of halogens is 1. The molecule has 1 N–H and O–H groups in total. The first-order chi connectivity index (χ1) is 7.60. The van der Waals surface area contributed by atoms with Crippen LogP contribution in [0.25, 0.3) is 0 Å². The van der Waals surface area contributed by atoms with Crippen LogP contribution >= 0.6 is 34.4 Å². The van der Waals surface area contributed by atoms with Gasteiger partial charge in [-0.1, -0.05) is 22.6 Å². The average molecular weight is 348 g/mol. The molecule has 3 aliphatic rings. The van der Waals surface area contributed by atoms with Crippen molar-refractivity contribution in [1.29, 1.82) is 0 Å². The van der Waals surface area contributed by atoms with Crippen LogP contribution in [0, 0.1) is 0 Å². The molecule has 0 spiro atoms. The molecule has 0 aromatic rings. The first-order valence-electron chi connectivity index (χ1n) is 5.24. The molecular formula is C10H13IN4S. The summed E-state index contributed by atoms with van der Waals surface area (Å²) in [4.78, 5) is 11.0. The molecule has 1 saturated heterocycles. The molecule has 0 aromatic carbocycles. The van der Waals surface area contributed by atoms with Gasteiger partial charge in [0.05, 0.1) is 11.9 Å². The van der Waals surface area contributed by atoms with Crippen LogP contribution in [0.3, 0.4) is 0 Å². The Kier molecular flexibility index (Phi) is 2.47. The lowest BCUT2D eigenvalue weighted by atomic mass is 9.99. The largest absolute Gasteiger partial charge is 0.361 e. The van der Waals surface area contributed by atoms with Crippen LogP contribution in [-0.2, 0) is 0 Å². The molecule has 6 heteroatoms. The standard InChI is InChI=1S/C10H13IN4S/c1-10(2)6(11)3-16-9-7-8(13-4-12-7)14-5-15(9)10/h5-6,12H,3-4H2,1-2H3. The molecule has 16 heavy (non-hydrogen) atoms. The number of fused-ring (bicyclic) bond motifs is 2. The van der Waals surface area contributed by atoms with Crippen molar-refractivity contribution in [3.63, 3.8) is 0 Å². The fourth-order valence-corrected chi connectivity index (χ4v) is 4.25. The number of aliphatic imine (C=N–C) groups is 2. The minimum Gasteiger partial charge on any atom is -0.361 e. The summed E-state index contributed by atoms with van der Waals surface area (Å²) in [5, 5.41) is 4.59. The summed E-state index contributed by atoms with van der Waals surface area (Å²) in [6.07, 6.45) is 1.93. The number of rotatable bonds is 0. The number of amidine groups is 1. The fourth-order valence-electron chi connectivity index (χ4n) is 1.97. The smallest absolute Gasteiger partial charge is 0.177 e. The molecule has 0 saturated carbocycles. The molecule has 1 fully saturated rings. The zero-order valence-electron chi connectivity index (χ0n) is 9.20. The van der Waals surface area contributed by atoms with Crippen LogP contribution in [0.1, 0.15) is 13.8 Å². The van der Waals surface area contributed by atoms with Crippen molar-refractivity contribution in [2.45, 2.75) is 23.3 Å². The number of hydrogen-bond acceptors (Lipinski definition) is 5. The van der Waals surface area contributed by atoms with Gasteiger partial charge in [0.25, 0.3) is 0 Å². The van der Waals surface area contributed by atoms with Crippen molar-refractivity contribution in [1.82, 2.24) is 10.2 Å². The highest BCUT2D eigenvalue weighted by atomic mass is 127. The summed E-state index contributed by atoms with van der Waals surface area (Å²) in [7, 11) is 0. The Morgan fingerprint density at radius 3 is 3.25 bits per heavy atom. The van der Waals surface area contributed by atoms with Gasteiger partial charge in [-0.25, -0.2) is 9.98 Å². The van der Waals surface area contributed by atoms with Crippen molar-refractivity contribution in [2.24, 2.45) is 9.98 Å². The molecule has 0 radical (unpaired) electrons. The summed E-state index contributed by atoms with van der Waals surface area (Å²) >= 11 is 4.43. The van der Waals surface area contributed by atoms with E-state index in [-0.39, 0.29) is 5.54 Å². The Morgan fingerprint density at radius 1 is 1.62 bits per heavy atom. The molecule has 1 atom stereocenters. The second-order valence-electron chi connectivity index (χ2n) is 4.54. The second-order valence-corrected chi connectivity index (χ2v) is 7.06. The molecule has 0 bridgehead atoms. The minimum absolute atomic E-state index is 0.118. The Morgan fingerprint density at radius 2 is 2.44 bits per heavy atom. The van der Waals surface area contributed by atoms with Crippen LogP contribution < -0.4 is 5.32 Å². The Bertz CT molecular complexity index is 427. The maximum Gasteiger partial charge on any atom is 0.177 e. The van der Waals surface area contributed by atoms with E-state index in [1.807, 2.05) is 18.1 Å². The molecule has 0 aliphatic carbocycles. The lowest BCUT2D eigenvalue weighted by Gasteiger charge is -2.47. The van der Waals surface area contributed by atoms with Gasteiger partial charge in [-0.3, -0.25) is 0 Å². The van der Waals surface area contributed by atoms with E-state index < -0.39 is 0 Å². The summed E-state index contributed by atoms with van der Waals surface area (Å²) in [6.45, 7) is 5.20. The Labute approximate surface area is 113 Å². The summed E-state index contributed by atoms with van der Waals surface area (Å²) in [5.41, 5.74) is 1.23. The van der Waals surface area contributed by atoms with Crippen molar-refractivity contribution in [3.8, 4) is 0 Å². The van der Waals surface area contributed by atoms with Gasteiger partial charge >= 0.3 is 0 Å². The van der Waals surface area contributed by atoms with Crippen LogP contribution in [0.5, 0.6) is 0 Å². The lowest BCUT2D eigenvalue weighted by Crippen LogP contribution is -2.54. The van der Waals surface area contributed by atoms with E-state index in [2.05, 4.69) is 56.6 Å². The van der Waals surface area contributed by atoms with Crippen molar-refractivity contribution >= 4 is 46.5 Å². The number of thioether (sulfide) groups is 1. The first-order valence-corrected chi connectivity index (χ1v) is 7.47. The molecule has 0 amide bonds. The van der Waals surface area contributed by atoms with Gasteiger partial charge in [0.1, 0.15) is 17.4 Å². The van der Waals surface area contributed by atoms with Crippen LogP contribution in [-0.4, -0.2) is 39.0 Å². The summed E-state index contributed by atoms with van der Waals surface area (Å²) in [5.74, 6) is 2.01. The lowest BCUT2D eigenvalue weighted by molar-refractivity contribution is 0.281. The quantitative estimate of drug-likeness (QED) is 0.536. The van der Waals surface area contributed by atoms with E-state index >= 15 is 0 Å². The average Bonchev–Trinajstić information content (AvgIpc) is 2.71. The predicted octanol–water partition coefficient (Wildman–Crippen LogP) is 1.79. The van der Waals surface area contributed by atoms with Crippen LogP contribution in [0.15, 0.2) is 20.7 Å². The Hall–Kier alpha value is -0.240. The van der Waals surface area contributed by atoms with Gasteiger partial charge in [0.15, 0.2) is 5.84 Å². The van der Waals surface area contributed by atoms with E-state index in [0.29, 0.717) is 10.6 Å². The number of nitrogens with one attached hydrogen (secondary N) is 1. The fraction of sp³-hybridized carbons (Fsp3) is 0.600. The van der Waals surface area contributed by atoms with Crippen molar-refractivity contribution in [3.05, 3.63) is 10.7 Å². The van der Waals surface area contributed by atoms with Crippen molar-refractivity contribution in [2.75, 3.05) is 12.4 Å². The number of nitrogens with zero attached hydrogens (tertiary/aromatic N) is 3. The highest BCUT2D eigenvalue weighted by Gasteiger charge is 2.42. The minimum atomic E-state index is 0.118. The molecule has 3 aliphatic heterocycles. The molecule has 0 aromatic heterocycles. The van der Waals surface area contributed by atoms with Gasteiger partial charge in [-0.2, -0.15) is 0 Å². The third kappa shape index (κ3) is 1.42. The molecule has 86 valence electrons. The summed E-state index contributed by atoms with van der Waals surface area (Å²) < 4.78 is 0.616. The van der Waals surface area contributed by atoms with E-state index in [1.54, 1.807) is 0 Å².